The smallest absolute Gasteiger partial charge is 0.0367 e. The SMILES string of the molecule is CCC(C)N1CCN(c2ccc([C@H](C)N)cc2)CC1. The van der Waals surface area contributed by atoms with Gasteiger partial charge in [-0.3, -0.25) is 4.90 Å². The lowest BCUT2D eigenvalue weighted by Gasteiger charge is -2.39. The van der Waals surface area contributed by atoms with Gasteiger partial charge in [0, 0.05) is 44.0 Å². The minimum atomic E-state index is 0.122. The average molecular weight is 261 g/mol. The van der Waals surface area contributed by atoms with Crippen molar-refractivity contribution in [3.63, 3.8) is 0 Å². The van der Waals surface area contributed by atoms with E-state index in [9.17, 15) is 0 Å². The van der Waals surface area contributed by atoms with Crippen LogP contribution in [0.2, 0.25) is 0 Å². The van der Waals surface area contributed by atoms with Gasteiger partial charge in [0.05, 0.1) is 0 Å². The molecule has 1 heterocycles. The van der Waals surface area contributed by atoms with Crippen LogP contribution >= 0.6 is 0 Å². The molecule has 2 rings (SSSR count). The Balaban J connectivity index is 1.94. The van der Waals surface area contributed by atoms with Crippen molar-refractivity contribution in [3.8, 4) is 0 Å². The first kappa shape index (κ1) is 14.4. The molecule has 0 aliphatic carbocycles. The van der Waals surface area contributed by atoms with Crippen molar-refractivity contribution >= 4 is 5.69 Å². The molecular formula is C16H27N3. The Hall–Kier alpha value is -1.06. The zero-order valence-corrected chi connectivity index (χ0v) is 12.5. The molecular weight excluding hydrogens is 234 g/mol. The summed E-state index contributed by atoms with van der Waals surface area (Å²) in [6.45, 7) is 11.2. The molecule has 0 spiro atoms. The van der Waals surface area contributed by atoms with E-state index < -0.39 is 0 Å². The Kier molecular flexibility index (Phi) is 4.83. The summed E-state index contributed by atoms with van der Waals surface area (Å²) in [6.07, 6.45) is 1.24. The molecule has 0 bridgehead atoms. The molecule has 106 valence electrons. The highest BCUT2D eigenvalue weighted by atomic mass is 15.3. The third kappa shape index (κ3) is 3.48. The van der Waals surface area contributed by atoms with E-state index in [0.717, 1.165) is 13.1 Å². The molecule has 0 radical (unpaired) electrons. The van der Waals surface area contributed by atoms with Crippen LogP contribution in [0.4, 0.5) is 5.69 Å². The monoisotopic (exact) mass is 261 g/mol. The lowest BCUT2D eigenvalue weighted by molar-refractivity contribution is 0.193. The van der Waals surface area contributed by atoms with Crippen LogP contribution in [0.25, 0.3) is 0 Å². The van der Waals surface area contributed by atoms with Gasteiger partial charge >= 0.3 is 0 Å². The van der Waals surface area contributed by atoms with Gasteiger partial charge in [-0.2, -0.15) is 0 Å². The van der Waals surface area contributed by atoms with E-state index in [4.69, 9.17) is 5.73 Å². The quantitative estimate of drug-likeness (QED) is 0.904. The van der Waals surface area contributed by atoms with Crippen molar-refractivity contribution < 1.29 is 0 Å². The van der Waals surface area contributed by atoms with Crippen molar-refractivity contribution in [3.05, 3.63) is 29.8 Å². The molecule has 3 heteroatoms. The summed E-state index contributed by atoms with van der Waals surface area (Å²) >= 11 is 0. The predicted molar refractivity (Wildman–Crippen MR) is 82.6 cm³/mol. The van der Waals surface area contributed by atoms with Crippen molar-refractivity contribution in [1.29, 1.82) is 0 Å². The molecule has 1 unspecified atom stereocenters. The van der Waals surface area contributed by atoms with Gasteiger partial charge in [-0.05, 0) is 38.0 Å². The van der Waals surface area contributed by atoms with E-state index in [1.54, 1.807) is 0 Å². The highest BCUT2D eigenvalue weighted by Crippen LogP contribution is 2.20. The van der Waals surface area contributed by atoms with E-state index in [1.807, 2.05) is 6.92 Å². The van der Waals surface area contributed by atoms with E-state index in [2.05, 4.69) is 47.9 Å². The molecule has 0 aromatic heterocycles. The second-order valence-corrected chi connectivity index (χ2v) is 5.66. The van der Waals surface area contributed by atoms with Crippen LogP contribution in [0, 0.1) is 0 Å². The lowest BCUT2D eigenvalue weighted by Crippen LogP contribution is -2.49. The number of nitrogens with two attached hydrogens (primary N) is 1. The average Bonchev–Trinajstić information content (AvgIpc) is 2.46. The zero-order chi connectivity index (χ0) is 13.8. The topological polar surface area (TPSA) is 32.5 Å². The Morgan fingerprint density at radius 1 is 1.05 bits per heavy atom. The second-order valence-electron chi connectivity index (χ2n) is 5.66. The van der Waals surface area contributed by atoms with Gasteiger partial charge in [0.15, 0.2) is 0 Å². The molecule has 0 amide bonds. The van der Waals surface area contributed by atoms with E-state index >= 15 is 0 Å². The minimum Gasteiger partial charge on any atom is -0.369 e. The first-order valence-corrected chi connectivity index (χ1v) is 7.46. The van der Waals surface area contributed by atoms with Crippen LogP contribution in [0.1, 0.15) is 38.8 Å². The van der Waals surface area contributed by atoms with Gasteiger partial charge in [0.25, 0.3) is 0 Å². The van der Waals surface area contributed by atoms with E-state index in [-0.39, 0.29) is 6.04 Å². The zero-order valence-electron chi connectivity index (χ0n) is 12.5. The number of hydrogen-bond acceptors (Lipinski definition) is 3. The van der Waals surface area contributed by atoms with Crippen LogP contribution < -0.4 is 10.6 Å². The summed E-state index contributed by atoms with van der Waals surface area (Å²) in [5, 5.41) is 0. The van der Waals surface area contributed by atoms with Crippen LogP contribution in [0.15, 0.2) is 24.3 Å². The summed E-state index contributed by atoms with van der Waals surface area (Å²) in [4.78, 5) is 5.07. The third-order valence-electron chi connectivity index (χ3n) is 4.31. The van der Waals surface area contributed by atoms with E-state index in [1.165, 1.54) is 30.8 Å². The Bertz CT molecular complexity index is 377. The summed E-state index contributed by atoms with van der Waals surface area (Å²) in [5.41, 5.74) is 8.43. The minimum absolute atomic E-state index is 0.122. The second kappa shape index (κ2) is 6.40. The molecule has 0 saturated carbocycles. The van der Waals surface area contributed by atoms with Crippen molar-refractivity contribution in [2.24, 2.45) is 5.73 Å². The largest absolute Gasteiger partial charge is 0.369 e. The Labute approximate surface area is 117 Å². The first-order valence-electron chi connectivity index (χ1n) is 7.46. The van der Waals surface area contributed by atoms with Crippen LogP contribution in [-0.2, 0) is 0 Å². The number of anilines is 1. The van der Waals surface area contributed by atoms with Crippen molar-refractivity contribution in [1.82, 2.24) is 4.90 Å². The van der Waals surface area contributed by atoms with Gasteiger partial charge < -0.3 is 10.6 Å². The summed E-state index contributed by atoms with van der Waals surface area (Å²) in [6, 6.07) is 9.55. The molecule has 3 nitrogen and oxygen atoms in total. The highest BCUT2D eigenvalue weighted by molar-refractivity contribution is 5.48. The Morgan fingerprint density at radius 3 is 2.11 bits per heavy atom. The molecule has 19 heavy (non-hydrogen) atoms. The number of hydrogen-bond donors (Lipinski definition) is 1. The van der Waals surface area contributed by atoms with E-state index in [0.29, 0.717) is 6.04 Å². The third-order valence-corrected chi connectivity index (χ3v) is 4.31. The molecule has 2 atom stereocenters. The predicted octanol–water partition coefficient (Wildman–Crippen LogP) is 2.63. The maximum absolute atomic E-state index is 5.89. The maximum atomic E-state index is 5.89. The molecule has 1 saturated heterocycles. The molecule has 1 fully saturated rings. The molecule has 1 aliphatic heterocycles. The number of piperazine rings is 1. The standard InChI is InChI=1S/C16H27N3/c1-4-13(2)18-9-11-19(12-10-18)16-7-5-15(6-8-16)14(3)17/h5-8,13-14H,4,9-12,17H2,1-3H3/t13?,14-/m0/s1. The number of rotatable bonds is 4. The normalized spacial score (nSPS) is 20.3. The lowest BCUT2D eigenvalue weighted by atomic mass is 10.1. The van der Waals surface area contributed by atoms with Gasteiger partial charge in [-0.1, -0.05) is 19.1 Å². The van der Waals surface area contributed by atoms with Crippen molar-refractivity contribution in [2.45, 2.75) is 39.3 Å². The molecule has 2 N–H and O–H groups in total. The van der Waals surface area contributed by atoms with Crippen LogP contribution in [0.5, 0.6) is 0 Å². The fourth-order valence-electron chi connectivity index (χ4n) is 2.67. The fraction of sp³-hybridized carbons (Fsp3) is 0.625. The summed E-state index contributed by atoms with van der Waals surface area (Å²) < 4.78 is 0. The highest BCUT2D eigenvalue weighted by Gasteiger charge is 2.20. The maximum Gasteiger partial charge on any atom is 0.0367 e. The Morgan fingerprint density at radius 2 is 1.63 bits per heavy atom. The first-order chi connectivity index (χ1) is 9.11. The van der Waals surface area contributed by atoms with Crippen LogP contribution in [-0.4, -0.2) is 37.1 Å². The van der Waals surface area contributed by atoms with Gasteiger partial charge in [-0.25, -0.2) is 0 Å². The number of nitrogens with zero attached hydrogens (tertiary/aromatic N) is 2. The number of benzene rings is 1. The van der Waals surface area contributed by atoms with Gasteiger partial charge in [0.2, 0.25) is 0 Å². The molecule has 1 aliphatic rings. The summed E-state index contributed by atoms with van der Waals surface area (Å²) in [7, 11) is 0. The molecule has 1 aromatic rings. The van der Waals surface area contributed by atoms with Gasteiger partial charge in [-0.15, -0.1) is 0 Å². The summed E-state index contributed by atoms with van der Waals surface area (Å²) in [5.74, 6) is 0. The fourth-order valence-corrected chi connectivity index (χ4v) is 2.67. The van der Waals surface area contributed by atoms with Crippen LogP contribution in [0.3, 0.4) is 0 Å². The van der Waals surface area contributed by atoms with Gasteiger partial charge in [0.1, 0.15) is 0 Å². The molecule has 1 aromatic carbocycles. The van der Waals surface area contributed by atoms with Crippen molar-refractivity contribution in [2.75, 3.05) is 31.1 Å².